The number of halogens is 1. The molecule has 2 aromatic heterocycles. The molecule has 1 saturated heterocycles. The van der Waals surface area contributed by atoms with Crippen LogP contribution in [0.3, 0.4) is 0 Å². The minimum absolute atomic E-state index is 0.0153. The van der Waals surface area contributed by atoms with Crippen molar-refractivity contribution in [1.82, 2.24) is 9.97 Å². The van der Waals surface area contributed by atoms with Crippen LogP contribution in [0.15, 0.2) is 36.9 Å². The van der Waals surface area contributed by atoms with Gasteiger partial charge in [-0.2, -0.15) is 8.42 Å². The molecule has 0 radical (unpaired) electrons. The summed E-state index contributed by atoms with van der Waals surface area (Å²) in [4.78, 5) is 7.60. The van der Waals surface area contributed by atoms with Gasteiger partial charge in [-0.15, -0.1) is 0 Å². The summed E-state index contributed by atoms with van der Waals surface area (Å²) in [6.45, 7) is 0. The Hall–Kier alpha value is -2.22. The number of aromatic nitrogens is 2. The Balaban J connectivity index is 1.85. The molecule has 0 saturated carbocycles. The summed E-state index contributed by atoms with van der Waals surface area (Å²) in [5.74, 6) is -0.587. The summed E-state index contributed by atoms with van der Waals surface area (Å²) < 4.78 is 55.2. The maximum absolute atomic E-state index is 13.3. The Kier molecular flexibility index (Phi) is 5.37. The third-order valence-electron chi connectivity index (χ3n) is 3.82. The molecule has 0 spiro atoms. The summed E-state index contributed by atoms with van der Waals surface area (Å²) >= 11 is 0. The lowest BCUT2D eigenvalue weighted by atomic mass is 10.1. The van der Waals surface area contributed by atoms with Crippen molar-refractivity contribution >= 4 is 10.1 Å². The number of hydrogen-bond donors (Lipinski definition) is 4. The molecule has 2 aromatic rings. The minimum atomic E-state index is -4.90. The first-order valence-corrected chi connectivity index (χ1v) is 9.06. The maximum atomic E-state index is 13.3. The number of ether oxygens (including phenoxy) is 2. The molecule has 0 aromatic carbocycles. The maximum Gasteiger partial charge on any atom is 0.295 e. The molecule has 12 heteroatoms. The minimum Gasteiger partial charge on any atom is -0.460 e. The summed E-state index contributed by atoms with van der Waals surface area (Å²) in [5, 5.41) is 29.4. The van der Waals surface area contributed by atoms with Gasteiger partial charge in [-0.1, -0.05) is 0 Å². The number of aliphatic hydroxyl groups excluding tert-OH is 3. The Morgan fingerprint density at radius 3 is 2.22 bits per heavy atom. The van der Waals surface area contributed by atoms with Gasteiger partial charge in [0.2, 0.25) is 11.7 Å². The van der Waals surface area contributed by atoms with E-state index in [-0.39, 0.29) is 5.75 Å². The van der Waals surface area contributed by atoms with Gasteiger partial charge in [-0.25, -0.2) is 4.39 Å². The predicted molar refractivity (Wildman–Crippen MR) is 86.3 cm³/mol. The van der Waals surface area contributed by atoms with Gasteiger partial charge in [0.1, 0.15) is 29.9 Å². The fourth-order valence-corrected chi connectivity index (χ4v) is 3.27. The molecule has 0 bridgehead atoms. The molecule has 0 amide bonds. The summed E-state index contributed by atoms with van der Waals surface area (Å²) in [5.41, 5.74) is -1.44. The van der Waals surface area contributed by atoms with Crippen molar-refractivity contribution in [1.29, 1.82) is 0 Å². The molecule has 5 atom stereocenters. The standard InChI is InChI=1S/C15H15FN2O8S/c16-9-1-7(3-17-5-9)8-2-10(6-18-4-8)25-14-12(20)11(19)13(21)15(26-14)27(22,23)24/h1-6,11-15,19-21H,(H,22,23,24)/t11-,12-,13+,14-,15?/m1/s1. The zero-order chi connectivity index (χ0) is 19.8. The van der Waals surface area contributed by atoms with Crippen molar-refractivity contribution in [3.05, 3.63) is 42.7 Å². The molecule has 27 heavy (non-hydrogen) atoms. The smallest absolute Gasteiger partial charge is 0.295 e. The van der Waals surface area contributed by atoms with E-state index in [1.165, 1.54) is 30.7 Å². The predicted octanol–water partition coefficient (Wildman–Crippen LogP) is -0.686. The molecule has 1 unspecified atom stereocenters. The molecule has 1 aliphatic heterocycles. The van der Waals surface area contributed by atoms with E-state index in [4.69, 9.17) is 14.0 Å². The van der Waals surface area contributed by atoms with Gasteiger partial charge in [0.15, 0.2) is 0 Å². The first-order chi connectivity index (χ1) is 12.7. The van der Waals surface area contributed by atoms with E-state index in [1.54, 1.807) is 0 Å². The second kappa shape index (κ2) is 7.42. The average Bonchev–Trinajstić information content (AvgIpc) is 2.61. The number of hydrogen-bond acceptors (Lipinski definition) is 9. The number of rotatable bonds is 4. The van der Waals surface area contributed by atoms with Crippen molar-refractivity contribution in [2.75, 3.05) is 0 Å². The van der Waals surface area contributed by atoms with Crippen LogP contribution in [-0.4, -0.2) is 68.3 Å². The largest absolute Gasteiger partial charge is 0.460 e. The number of pyridine rings is 2. The molecule has 3 rings (SSSR count). The van der Waals surface area contributed by atoms with Crippen molar-refractivity contribution < 1.29 is 42.2 Å². The molecule has 1 fully saturated rings. The second-order valence-electron chi connectivity index (χ2n) is 5.78. The summed E-state index contributed by atoms with van der Waals surface area (Å²) in [6.07, 6.45) is -2.61. The molecule has 146 valence electrons. The first-order valence-electron chi connectivity index (χ1n) is 7.55. The highest BCUT2D eigenvalue weighted by Gasteiger charge is 2.50. The van der Waals surface area contributed by atoms with Crippen LogP contribution >= 0.6 is 0 Å². The van der Waals surface area contributed by atoms with Gasteiger partial charge < -0.3 is 24.8 Å². The van der Waals surface area contributed by atoms with Gasteiger partial charge in [0, 0.05) is 23.5 Å². The fraction of sp³-hybridized carbons (Fsp3) is 0.333. The zero-order valence-corrected chi connectivity index (χ0v) is 14.3. The van der Waals surface area contributed by atoms with Gasteiger partial charge in [-0.3, -0.25) is 14.5 Å². The highest BCUT2D eigenvalue weighted by atomic mass is 32.2. The zero-order valence-electron chi connectivity index (χ0n) is 13.5. The Labute approximate surface area is 152 Å². The number of nitrogens with zero attached hydrogens (tertiary/aromatic N) is 2. The molecular weight excluding hydrogens is 387 g/mol. The molecule has 0 aliphatic carbocycles. The normalized spacial score (nSPS) is 28.7. The molecule has 3 heterocycles. The third-order valence-corrected chi connectivity index (χ3v) is 4.80. The highest BCUT2D eigenvalue weighted by Crippen LogP contribution is 2.28. The van der Waals surface area contributed by atoms with E-state index in [1.807, 2.05) is 0 Å². The second-order valence-corrected chi connectivity index (χ2v) is 7.27. The van der Waals surface area contributed by atoms with Gasteiger partial charge in [-0.05, 0) is 12.1 Å². The fourth-order valence-electron chi connectivity index (χ4n) is 2.51. The van der Waals surface area contributed by atoms with Gasteiger partial charge in [0.25, 0.3) is 10.1 Å². The SMILES string of the molecule is O=S(=O)(O)C1O[C@@H](Oc2cncc(-c3cncc(F)c3)c2)[C@H](O)[C@@H](O)[C@@H]1O. The van der Waals surface area contributed by atoms with Crippen molar-refractivity contribution in [2.45, 2.75) is 30.0 Å². The van der Waals surface area contributed by atoms with Crippen molar-refractivity contribution in [2.24, 2.45) is 0 Å². The van der Waals surface area contributed by atoms with E-state index in [0.29, 0.717) is 11.1 Å². The van der Waals surface area contributed by atoms with Gasteiger partial charge in [0.05, 0.1) is 12.4 Å². The highest BCUT2D eigenvalue weighted by molar-refractivity contribution is 7.86. The lowest BCUT2D eigenvalue weighted by Crippen LogP contribution is -2.61. The molecule has 4 N–H and O–H groups in total. The van der Waals surface area contributed by atoms with Crippen LogP contribution in [0.4, 0.5) is 4.39 Å². The quantitative estimate of drug-likeness (QED) is 0.482. The van der Waals surface area contributed by atoms with Crippen LogP contribution in [0.2, 0.25) is 0 Å². The van der Waals surface area contributed by atoms with Crippen LogP contribution in [0.1, 0.15) is 0 Å². The lowest BCUT2D eigenvalue weighted by Gasteiger charge is -2.38. The van der Waals surface area contributed by atoms with Crippen LogP contribution < -0.4 is 4.74 Å². The van der Waals surface area contributed by atoms with Crippen LogP contribution in [0, 0.1) is 5.82 Å². The molecule has 1 aliphatic rings. The number of aliphatic hydroxyl groups is 3. The van der Waals surface area contributed by atoms with Crippen LogP contribution in [0.5, 0.6) is 5.75 Å². The average molecular weight is 402 g/mol. The monoisotopic (exact) mass is 402 g/mol. The van der Waals surface area contributed by atoms with E-state index in [2.05, 4.69) is 9.97 Å². The first kappa shape index (κ1) is 19.5. The Bertz CT molecular complexity index is 928. The van der Waals surface area contributed by atoms with Crippen LogP contribution in [0.25, 0.3) is 11.1 Å². The molecule has 10 nitrogen and oxygen atoms in total. The Morgan fingerprint density at radius 1 is 0.963 bits per heavy atom. The Morgan fingerprint density at radius 2 is 1.59 bits per heavy atom. The molecular formula is C15H15FN2O8S. The van der Waals surface area contributed by atoms with Crippen molar-refractivity contribution in [3.63, 3.8) is 0 Å². The lowest BCUT2D eigenvalue weighted by molar-refractivity contribution is -0.254. The van der Waals surface area contributed by atoms with Gasteiger partial charge >= 0.3 is 0 Å². The van der Waals surface area contributed by atoms with E-state index >= 15 is 0 Å². The summed E-state index contributed by atoms with van der Waals surface area (Å²) in [6, 6.07) is 2.59. The van der Waals surface area contributed by atoms with E-state index in [0.717, 1.165) is 6.20 Å². The van der Waals surface area contributed by atoms with E-state index in [9.17, 15) is 28.1 Å². The van der Waals surface area contributed by atoms with Crippen LogP contribution in [-0.2, 0) is 14.9 Å². The van der Waals surface area contributed by atoms with E-state index < -0.39 is 46.0 Å². The third kappa shape index (κ3) is 4.21. The topological polar surface area (TPSA) is 159 Å². The summed E-state index contributed by atoms with van der Waals surface area (Å²) in [7, 11) is -4.90. The van der Waals surface area contributed by atoms with Crippen molar-refractivity contribution in [3.8, 4) is 16.9 Å².